The fourth-order valence-corrected chi connectivity index (χ4v) is 10.0. The molecule has 2 nitrogen and oxygen atoms in total. The highest BCUT2D eigenvalue weighted by molar-refractivity contribution is 7.99. The van der Waals surface area contributed by atoms with Gasteiger partial charge in [0.2, 0.25) is 0 Å². The number of fused-ring (bicyclic) bond motifs is 10. The second kappa shape index (κ2) is 12.3. The van der Waals surface area contributed by atoms with E-state index in [0.29, 0.717) is 5.82 Å². The fourth-order valence-electron chi connectivity index (χ4n) is 8.78. The Bertz CT molecular complexity index is 2880. The summed E-state index contributed by atoms with van der Waals surface area (Å²) < 4.78 is 0. The lowest BCUT2D eigenvalue weighted by molar-refractivity contribution is 0.722. The Morgan fingerprint density at radius 1 is 0.333 bits per heavy atom. The lowest BCUT2D eigenvalue weighted by atomic mass is 9.67. The summed E-state index contributed by atoms with van der Waals surface area (Å²) >= 11 is 1.88. The molecule has 9 aromatic rings. The van der Waals surface area contributed by atoms with Crippen LogP contribution >= 0.6 is 11.8 Å². The molecule has 0 atom stereocenters. The molecule has 0 fully saturated rings. The molecule has 54 heavy (non-hydrogen) atoms. The van der Waals surface area contributed by atoms with Crippen LogP contribution < -0.4 is 0 Å². The number of nitrogens with zero attached hydrogens (tertiary/aromatic N) is 2. The topological polar surface area (TPSA) is 25.8 Å². The van der Waals surface area contributed by atoms with Crippen molar-refractivity contribution >= 4 is 22.5 Å². The van der Waals surface area contributed by atoms with E-state index in [9.17, 15) is 0 Å². The second-order valence-electron chi connectivity index (χ2n) is 14.1. The SMILES string of the molecule is c1ccc(-c2nc(-c3ccc4ccccc4c3)cc(-c3ccccc3-c3ccc4c(c3)Sc3ccccc3C43c4ccccc4-c4ccccc43)n2)cc1. The van der Waals surface area contributed by atoms with Gasteiger partial charge in [-0.15, -0.1) is 0 Å². The van der Waals surface area contributed by atoms with Gasteiger partial charge in [0.05, 0.1) is 16.8 Å². The first-order valence-corrected chi connectivity index (χ1v) is 19.2. The van der Waals surface area contributed by atoms with E-state index in [1.54, 1.807) is 0 Å². The summed E-state index contributed by atoms with van der Waals surface area (Å²) in [5.41, 5.74) is 14.9. The number of aromatic nitrogens is 2. The Morgan fingerprint density at radius 2 is 0.907 bits per heavy atom. The van der Waals surface area contributed by atoms with E-state index in [4.69, 9.17) is 9.97 Å². The number of hydrogen-bond acceptors (Lipinski definition) is 3. The van der Waals surface area contributed by atoms with Gasteiger partial charge in [-0.25, -0.2) is 9.97 Å². The maximum absolute atomic E-state index is 5.26. The van der Waals surface area contributed by atoms with Crippen LogP contribution in [0, 0.1) is 0 Å². The second-order valence-corrected chi connectivity index (χ2v) is 15.2. The predicted molar refractivity (Wildman–Crippen MR) is 223 cm³/mol. The van der Waals surface area contributed by atoms with E-state index >= 15 is 0 Å². The van der Waals surface area contributed by atoms with Crippen LogP contribution in [0.3, 0.4) is 0 Å². The molecular formula is C51H32N2S. The molecule has 1 aliphatic carbocycles. The lowest BCUT2D eigenvalue weighted by Crippen LogP contribution is -2.31. The van der Waals surface area contributed by atoms with Gasteiger partial charge in [-0.05, 0) is 79.5 Å². The molecule has 0 saturated heterocycles. The highest BCUT2D eigenvalue weighted by Crippen LogP contribution is 2.62. The monoisotopic (exact) mass is 704 g/mol. The number of benzene rings is 8. The van der Waals surface area contributed by atoms with Crippen LogP contribution in [-0.4, -0.2) is 9.97 Å². The standard InChI is InChI=1S/C51H32N2S/c1-2-15-34(16-3-1)50-52-46(37-27-26-33-14-4-5-17-35(33)30-37)32-47(53-50)41-21-7-6-18-38(41)36-28-29-45-49(31-36)54-48-25-13-12-24-44(48)51(45)42-22-10-8-19-39(42)40-20-9-11-23-43(40)51/h1-32H. The molecule has 0 saturated carbocycles. The maximum atomic E-state index is 5.26. The van der Waals surface area contributed by atoms with E-state index in [0.717, 1.165) is 39.2 Å². The zero-order chi connectivity index (χ0) is 35.6. The quantitative estimate of drug-likeness (QED) is 0.182. The Balaban J connectivity index is 1.10. The zero-order valence-corrected chi connectivity index (χ0v) is 30.1. The van der Waals surface area contributed by atoms with E-state index in [1.165, 1.54) is 53.9 Å². The first kappa shape index (κ1) is 31.0. The van der Waals surface area contributed by atoms with Crippen LogP contribution in [-0.2, 0) is 5.41 Å². The summed E-state index contributed by atoms with van der Waals surface area (Å²) in [7, 11) is 0. The van der Waals surface area contributed by atoms with Crippen LogP contribution in [0.2, 0.25) is 0 Å². The van der Waals surface area contributed by atoms with Gasteiger partial charge < -0.3 is 0 Å². The average Bonchev–Trinajstić information content (AvgIpc) is 3.54. The molecule has 1 aliphatic heterocycles. The van der Waals surface area contributed by atoms with Gasteiger partial charge in [-0.2, -0.15) is 0 Å². The molecule has 0 unspecified atom stereocenters. The molecule has 2 heterocycles. The van der Waals surface area contributed by atoms with E-state index in [-0.39, 0.29) is 0 Å². The molecule has 8 aromatic carbocycles. The Hall–Kier alpha value is -6.55. The summed E-state index contributed by atoms with van der Waals surface area (Å²) in [5.74, 6) is 0.712. The molecule has 1 aromatic heterocycles. The molecule has 0 N–H and O–H groups in total. The summed E-state index contributed by atoms with van der Waals surface area (Å²) in [6.45, 7) is 0. The van der Waals surface area contributed by atoms with Gasteiger partial charge in [0.1, 0.15) is 0 Å². The van der Waals surface area contributed by atoms with Gasteiger partial charge in [-0.3, -0.25) is 0 Å². The van der Waals surface area contributed by atoms with Crippen LogP contribution in [0.15, 0.2) is 204 Å². The third-order valence-electron chi connectivity index (χ3n) is 11.2. The van der Waals surface area contributed by atoms with Gasteiger partial charge in [0.15, 0.2) is 5.82 Å². The molecule has 0 amide bonds. The molecule has 11 rings (SSSR count). The minimum atomic E-state index is -0.394. The van der Waals surface area contributed by atoms with E-state index < -0.39 is 5.41 Å². The van der Waals surface area contributed by atoms with E-state index in [2.05, 4.69) is 176 Å². The van der Waals surface area contributed by atoms with Crippen molar-refractivity contribution in [2.24, 2.45) is 0 Å². The van der Waals surface area contributed by atoms with Crippen molar-refractivity contribution in [3.63, 3.8) is 0 Å². The highest BCUT2D eigenvalue weighted by atomic mass is 32.2. The van der Waals surface area contributed by atoms with Gasteiger partial charge in [0.25, 0.3) is 0 Å². The van der Waals surface area contributed by atoms with Gasteiger partial charge in [-0.1, -0.05) is 182 Å². The molecule has 0 bridgehead atoms. The Labute approximate surface area is 318 Å². The summed E-state index contributed by atoms with van der Waals surface area (Å²) in [6.07, 6.45) is 0. The number of rotatable bonds is 4. The van der Waals surface area contributed by atoms with E-state index in [1.807, 2.05) is 30.0 Å². The zero-order valence-electron chi connectivity index (χ0n) is 29.3. The van der Waals surface area contributed by atoms with Crippen LogP contribution in [0.4, 0.5) is 0 Å². The molecular weight excluding hydrogens is 673 g/mol. The Morgan fingerprint density at radius 3 is 1.69 bits per heavy atom. The normalized spacial score (nSPS) is 13.3. The first-order chi connectivity index (χ1) is 26.8. The third kappa shape index (κ3) is 4.68. The van der Waals surface area contributed by atoms with Crippen molar-refractivity contribution in [3.05, 3.63) is 216 Å². The maximum Gasteiger partial charge on any atom is 0.160 e. The molecule has 3 heteroatoms. The first-order valence-electron chi connectivity index (χ1n) is 18.4. The highest BCUT2D eigenvalue weighted by Gasteiger charge is 2.50. The summed E-state index contributed by atoms with van der Waals surface area (Å²) in [5, 5.41) is 2.40. The van der Waals surface area contributed by atoms with Crippen LogP contribution in [0.25, 0.3) is 66.9 Å². The van der Waals surface area contributed by atoms with Crippen molar-refractivity contribution in [1.29, 1.82) is 0 Å². The summed E-state index contributed by atoms with van der Waals surface area (Å²) in [6, 6.07) is 70.3. The smallest absolute Gasteiger partial charge is 0.160 e. The molecule has 2 aliphatic rings. The fraction of sp³-hybridized carbons (Fsp3) is 0.0196. The minimum absolute atomic E-state index is 0.394. The molecule has 1 spiro atoms. The molecule has 252 valence electrons. The van der Waals surface area contributed by atoms with Crippen molar-refractivity contribution in [2.75, 3.05) is 0 Å². The van der Waals surface area contributed by atoms with Gasteiger partial charge >= 0.3 is 0 Å². The van der Waals surface area contributed by atoms with Crippen molar-refractivity contribution in [3.8, 4) is 56.2 Å². The number of hydrogen-bond donors (Lipinski definition) is 0. The lowest BCUT2D eigenvalue weighted by Gasteiger charge is -2.39. The molecule has 0 radical (unpaired) electrons. The predicted octanol–water partition coefficient (Wildman–Crippen LogP) is 13.1. The Kier molecular flexibility index (Phi) is 7.05. The van der Waals surface area contributed by atoms with Crippen LogP contribution in [0.5, 0.6) is 0 Å². The van der Waals surface area contributed by atoms with Gasteiger partial charge in [0, 0.05) is 26.5 Å². The van der Waals surface area contributed by atoms with Crippen molar-refractivity contribution in [2.45, 2.75) is 15.2 Å². The van der Waals surface area contributed by atoms with Crippen molar-refractivity contribution < 1.29 is 0 Å². The van der Waals surface area contributed by atoms with Crippen LogP contribution in [0.1, 0.15) is 22.3 Å². The average molecular weight is 705 g/mol. The third-order valence-corrected chi connectivity index (χ3v) is 12.3. The summed E-state index contributed by atoms with van der Waals surface area (Å²) in [4.78, 5) is 13.0. The van der Waals surface area contributed by atoms with Crippen molar-refractivity contribution in [1.82, 2.24) is 9.97 Å². The largest absolute Gasteiger partial charge is 0.228 e. The minimum Gasteiger partial charge on any atom is -0.228 e.